The Balaban J connectivity index is 1.89. The van der Waals surface area contributed by atoms with Crippen LogP contribution in [0.25, 0.3) is 11.5 Å². The molecule has 0 saturated heterocycles. The molecule has 0 amide bonds. The van der Waals surface area contributed by atoms with E-state index in [-0.39, 0.29) is 28.7 Å². The summed E-state index contributed by atoms with van der Waals surface area (Å²) in [5, 5.41) is 24.0. The van der Waals surface area contributed by atoms with Gasteiger partial charge in [0.2, 0.25) is 17.5 Å². The van der Waals surface area contributed by atoms with Gasteiger partial charge in [0.15, 0.2) is 0 Å². The number of nitro groups is 1. The molecule has 0 fully saturated rings. The van der Waals surface area contributed by atoms with E-state index in [0.29, 0.717) is 11.6 Å². The molecule has 1 aromatic heterocycles. The van der Waals surface area contributed by atoms with E-state index in [9.17, 15) is 15.4 Å². The summed E-state index contributed by atoms with van der Waals surface area (Å²) in [5.41, 5.74) is 1.03. The Hall–Kier alpha value is -3.37. The molecule has 1 heterocycles. The van der Waals surface area contributed by atoms with Crippen LogP contribution in [0.15, 0.2) is 52.9 Å². The predicted octanol–water partition coefficient (Wildman–Crippen LogP) is 4.39. The fourth-order valence-electron chi connectivity index (χ4n) is 2.23. The average Bonchev–Trinajstić information content (AvgIpc) is 3.04. The second-order valence-corrected chi connectivity index (χ2v) is 5.50. The van der Waals surface area contributed by atoms with E-state index < -0.39 is 4.92 Å². The van der Waals surface area contributed by atoms with Gasteiger partial charge in [-0.25, -0.2) is 0 Å². The van der Waals surface area contributed by atoms with Gasteiger partial charge < -0.3 is 9.73 Å². The molecular weight excluding hydrogens is 344 g/mol. The van der Waals surface area contributed by atoms with Crippen LogP contribution in [0.3, 0.4) is 0 Å². The molecule has 8 heteroatoms. The number of nitrogens with one attached hydrogen (secondary N) is 1. The minimum absolute atomic E-state index is 0.0162. The molecule has 2 aromatic carbocycles. The number of nitrogens with zero attached hydrogens (tertiary/aromatic N) is 3. The van der Waals surface area contributed by atoms with Gasteiger partial charge in [0, 0.05) is 17.6 Å². The highest BCUT2D eigenvalue weighted by Crippen LogP contribution is 2.32. The Kier molecular flexibility index (Phi) is 4.64. The van der Waals surface area contributed by atoms with Crippen molar-refractivity contribution in [2.45, 2.75) is 6.54 Å². The van der Waals surface area contributed by atoms with Crippen molar-refractivity contribution in [1.29, 1.82) is 5.26 Å². The monoisotopic (exact) mass is 354 g/mol. The summed E-state index contributed by atoms with van der Waals surface area (Å²) in [5.74, 6) is 0.174. The molecule has 0 unspecified atom stereocenters. The minimum Gasteiger partial charge on any atom is -0.419 e. The van der Waals surface area contributed by atoms with Crippen LogP contribution in [0, 0.1) is 21.4 Å². The van der Waals surface area contributed by atoms with E-state index in [4.69, 9.17) is 16.0 Å². The average molecular weight is 355 g/mol. The lowest BCUT2D eigenvalue weighted by molar-refractivity contribution is -0.384. The molecule has 0 radical (unpaired) electrons. The molecule has 0 atom stereocenters. The molecule has 0 aliphatic rings. The number of para-hydroxylation sites is 1. The van der Waals surface area contributed by atoms with Crippen molar-refractivity contribution < 1.29 is 9.34 Å². The van der Waals surface area contributed by atoms with E-state index in [2.05, 4.69) is 10.3 Å². The van der Waals surface area contributed by atoms with Crippen LogP contribution in [0.1, 0.15) is 11.3 Å². The predicted molar refractivity (Wildman–Crippen MR) is 92.1 cm³/mol. The third-order valence-corrected chi connectivity index (χ3v) is 3.68. The first kappa shape index (κ1) is 16.5. The van der Waals surface area contributed by atoms with Crippen molar-refractivity contribution >= 4 is 23.2 Å². The fraction of sp³-hybridized carbons (Fsp3) is 0.0588. The van der Waals surface area contributed by atoms with Crippen LogP contribution in [-0.4, -0.2) is 9.91 Å². The number of aromatic nitrogens is 1. The second kappa shape index (κ2) is 7.03. The highest BCUT2D eigenvalue weighted by Gasteiger charge is 2.21. The van der Waals surface area contributed by atoms with Gasteiger partial charge in [-0.05, 0) is 23.8 Å². The molecule has 0 saturated carbocycles. The molecule has 0 bridgehead atoms. The quantitative estimate of drug-likeness (QED) is 0.538. The normalized spacial score (nSPS) is 10.2. The van der Waals surface area contributed by atoms with Crippen LogP contribution in [0.4, 0.5) is 11.6 Å². The molecule has 7 nitrogen and oxygen atoms in total. The second-order valence-electron chi connectivity index (χ2n) is 5.06. The van der Waals surface area contributed by atoms with Gasteiger partial charge in [0.05, 0.1) is 4.92 Å². The van der Waals surface area contributed by atoms with Crippen molar-refractivity contribution in [2.24, 2.45) is 0 Å². The molecule has 3 aromatic rings. The van der Waals surface area contributed by atoms with Crippen molar-refractivity contribution in [3.8, 4) is 17.5 Å². The molecule has 124 valence electrons. The van der Waals surface area contributed by atoms with Crippen molar-refractivity contribution in [3.05, 3.63) is 74.9 Å². The Labute approximate surface area is 147 Å². The Morgan fingerprint density at radius 1 is 1.24 bits per heavy atom. The van der Waals surface area contributed by atoms with E-state index >= 15 is 0 Å². The number of nitriles is 1. The molecule has 25 heavy (non-hydrogen) atoms. The first-order valence-corrected chi connectivity index (χ1v) is 7.59. The van der Waals surface area contributed by atoms with Gasteiger partial charge in [0.25, 0.3) is 5.69 Å². The number of anilines is 1. The summed E-state index contributed by atoms with van der Waals surface area (Å²) < 4.78 is 5.55. The maximum absolute atomic E-state index is 11.1. The largest absolute Gasteiger partial charge is 0.419 e. The van der Waals surface area contributed by atoms with Crippen molar-refractivity contribution in [3.63, 3.8) is 0 Å². The highest BCUT2D eigenvalue weighted by molar-refractivity contribution is 6.30. The third-order valence-electron chi connectivity index (χ3n) is 3.43. The Morgan fingerprint density at radius 2 is 1.96 bits per heavy atom. The highest BCUT2D eigenvalue weighted by atomic mass is 35.5. The van der Waals surface area contributed by atoms with Gasteiger partial charge in [-0.3, -0.25) is 10.1 Å². The number of hydrogen-bond donors (Lipinski definition) is 1. The molecule has 0 aliphatic carbocycles. The number of benzene rings is 2. The van der Waals surface area contributed by atoms with E-state index in [1.54, 1.807) is 24.3 Å². The van der Waals surface area contributed by atoms with E-state index in [0.717, 1.165) is 5.56 Å². The minimum atomic E-state index is -0.521. The van der Waals surface area contributed by atoms with E-state index in [1.165, 1.54) is 12.1 Å². The smallest absolute Gasteiger partial charge is 0.282 e. The SMILES string of the molecule is N#Cc1nc(-c2ccccc2[N+](=O)[O-])oc1NCc1ccc(Cl)cc1. The van der Waals surface area contributed by atoms with Crippen molar-refractivity contribution in [1.82, 2.24) is 4.98 Å². The lowest BCUT2D eigenvalue weighted by atomic mass is 10.2. The standard InChI is InChI=1S/C17H11ClN4O3/c18-12-7-5-11(6-8-12)10-20-17-14(9-19)21-16(25-17)13-3-1-2-4-15(13)22(23)24/h1-8,20H,10H2. The third kappa shape index (κ3) is 3.59. The zero-order valence-corrected chi connectivity index (χ0v) is 13.5. The summed E-state index contributed by atoms with van der Waals surface area (Å²) in [7, 11) is 0. The number of oxazole rings is 1. The Bertz CT molecular complexity index is 961. The van der Waals surface area contributed by atoms with Crippen LogP contribution in [0.2, 0.25) is 5.02 Å². The number of rotatable bonds is 5. The summed E-state index contributed by atoms with van der Waals surface area (Å²) in [6, 6.07) is 15.2. The van der Waals surface area contributed by atoms with Crippen LogP contribution in [-0.2, 0) is 6.54 Å². The van der Waals surface area contributed by atoms with Crippen LogP contribution in [0.5, 0.6) is 0 Å². The fourth-order valence-corrected chi connectivity index (χ4v) is 2.36. The lowest BCUT2D eigenvalue weighted by Crippen LogP contribution is -1.99. The van der Waals surface area contributed by atoms with Gasteiger partial charge >= 0.3 is 0 Å². The van der Waals surface area contributed by atoms with Crippen molar-refractivity contribution in [2.75, 3.05) is 5.32 Å². The van der Waals surface area contributed by atoms with E-state index in [1.807, 2.05) is 18.2 Å². The van der Waals surface area contributed by atoms with Crippen LogP contribution < -0.4 is 5.32 Å². The lowest BCUT2D eigenvalue weighted by Gasteiger charge is -2.03. The zero-order chi connectivity index (χ0) is 17.8. The number of nitro benzene ring substituents is 1. The first-order valence-electron chi connectivity index (χ1n) is 7.21. The number of hydrogen-bond acceptors (Lipinski definition) is 6. The molecule has 1 N–H and O–H groups in total. The molecule has 0 aliphatic heterocycles. The van der Waals surface area contributed by atoms with Gasteiger partial charge in [-0.15, -0.1) is 0 Å². The van der Waals surface area contributed by atoms with Crippen LogP contribution >= 0.6 is 11.6 Å². The summed E-state index contributed by atoms with van der Waals surface area (Å²) >= 11 is 5.84. The Morgan fingerprint density at radius 3 is 2.64 bits per heavy atom. The topological polar surface area (TPSA) is 105 Å². The summed E-state index contributed by atoms with van der Waals surface area (Å²) in [6.45, 7) is 0.386. The first-order chi connectivity index (χ1) is 12.1. The van der Waals surface area contributed by atoms with Gasteiger partial charge in [-0.1, -0.05) is 35.9 Å². The summed E-state index contributed by atoms with van der Waals surface area (Å²) in [4.78, 5) is 14.7. The zero-order valence-electron chi connectivity index (χ0n) is 12.8. The molecule has 0 spiro atoms. The maximum atomic E-state index is 11.1. The summed E-state index contributed by atoms with van der Waals surface area (Å²) in [6.07, 6.45) is 0. The van der Waals surface area contributed by atoms with Gasteiger partial charge in [0.1, 0.15) is 11.6 Å². The molecule has 3 rings (SSSR count). The maximum Gasteiger partial charge on any atom is 0.282 e. The van der Waals surface area contributed by atoms with Gasteiger partial charge in [-0.2, -0.15) is 10.2 Å². The number of halogens is 1. The molecular formula is C17H11ClN4O3.